The molecule has 0 amide bonds. The van der Waals surface area contributed by atoms with Gasteiger partial charge in [-0.05, 0) is 28.1 Å². The molecule has 2 aromatic rings. The van der Waals surface area contributed by atoms with Crippen LogP contribution in [0, 0.1) is 0 Å². The van der Waals surface area contributed by atoms with Gasteiger partial charge >= 0.3 is 5.69 Å². The normalized spacial score (nSPS) is 11.0. The van der Waals surface area contributed by atoms with Gasteiger partial charge in [0.15, 0.2) is 5.65 Å². The van der Waals surface area contributed by atoms with Crippen LogP contribution in [0.1, 0.15) is 0 Å². The third-order valence-corrected chi connectivity index (χ3v) is 2.32. The molecule has 5 nitrogen and oxygen atoms in total. The molecule has 2 rings (SSSR count). The SMILES string of the molecule is O=c1n(CCO)nc2ccc(Br)cn12. The van der Waals surface area contributed by atoms with Crippen LogP contribution in [-0.4, -0.2) is 25.9 Å². The third kappa shape index (κ3) is 1.46. The minimum absolute atomic E-state index is 0.0923. The van der Waals surface area contributed by atoms with Crippen molar-refractivity contribution in [1.29, 1.82) is 0 Å². The largest absolute Gasteiger partial charge is 0.394 e. The zero-order chi connectivity index (χ0) is 10.1. The molecule has 1 N–H and O–H groups in total. The molecule has 0 saturated heterocycles. The van der Waals surface area contributed by atoms with Gasteiger partial charge in [-0.2, -0.15) is 0 Å². The fourth-order valence-electron chi connectivity index (χ4n) is 1.23. The summed E-state index contributed by atoms with van der Waals surface area (Å²) in [5, 5.41) is 12.7. The number of aliphatic hydroxyl groups excluding tert-OH is 1. The van der Waals surface area contributed by atoms with Crippen LogP contribution in [0.4, 0.5) is 0 Å². The van der Waals surface area contributed by atoms with Crippen LogP contribution in [0.25, 0.3) is 5.65 Å². The Morgan fingerprint density at radius 1 is 1.50 bits per heavy atom. The summed E-state index contributed by atoms with van der Waals surface area (Å²) < 4.78 is 3.48. The molecule has 0 aliphatic heterocycles. The highest BCUT2D eigenvalue weighted by Crippen LogP contribution is 2.08. The summed E-state index contributed by atoms with van der Waals surface area (Å²) in [5.41, 5.74) is 0.335. The van der Waals surface area contributed by atoms with Gasteiger partial charge in [0.1, 0.15) is 0 Å². The number of nitrogens with zero attached hydrogens (tertiary/aromatic N) is 3. The second-order valence-electron chi connectivity index (χ2n) is 2.80. The number of aliphatic hydroxyl groups is 1. The number of halogens is 1. The second-order valence-corrected chi connectivity index (χ2v) is 3.72. The van der Waals surface area contributed by atoms with Gasteiger partial charge in [0.05, 0.1) is 13.2 Å². The average molecular weight is 258 g/mol. The van der Waals surface area contributed by atoms with Crippen LogP contribution in [0.5, 0.6) is 0 Å². The highest BCUT2D eigenvalue weighted by Gasteiger charge is 2.05. The van der Waals surface area contributed by atoms with Crippen LogP contribution in [0.3, 0.4) is 0 Å². The number of rotatable bonds is 2. The summed E-state index contributed by atoms with van der Waals surface area (Å²) in [6.07, 6.45) is 1.65. The monoisotopic (exact) mass is 257 g/mol. The van der Waals surface area contributed by atoms with Crippen LogP contribution in [0.15, 0.2) is 27.6 Å². The maximum Gasteiger partial charge on any atom is 0.350 e. The van der Waals surface area contributed by atoms with Crippen molar-refractivity contribution in [3.05, 3.63) is 33.3 Å². The Bertz CT molecular complexity index is 517. The summed E-state index contributed by atoms with van der Waals surface area (Å²) in [4.78, 5) is 11.6. The first-order chi connectivity index (χ1) is 6.72. The van der Waals surface area contributed by atoms with Crippen molar-refractivity contribution in [3.63, 3.8) is 0 Å². The van der Waals surface area contributed by atoms with E-state index < -0.39 is 0 Å². The van der Waals surface area contributed by atoms with Gasteiger partial charge in [0.2, 0.25) is 0 Å². The lowest BCUT2D eigenvalue weighted by Gasteiger charge is -1.91. The van der Waals surface area contributed by atoms with Crippen molar-refractivity contribution >= 4 is 21.6 Å². The minimum atomic E-state index is -0.240. The van der Waals surface area contributed by atoms with Crippen molar-refractivity contribution < 1.29 is 5.11 Å². The number of hydrogen-bond acceptors (Lipinski definition) is 3. The predicted molar refractivity (Wildman–Crippen MR) is 54.2 cm³/mol. The molecule has 0 spiro atoms. The lowest BCUT2D eigenvalue weighted by atomic mass is 10.5. The zero-order valence-electron chi connectivity index (χ0n) is 7.22. The Morgan fingerprint density at radius 3 is 3.00 bits per heavy atom. The summed E-state index contributed by atoms with van der Waals surface area (Å²) >= 11 is 3.27. The van der Waals surface area contributed by atoms with Crippen molar-refractivity contribution in [3.8, 4) is 0 Å². The van der Waals surface area contributed by atoms with Crippen LogP contribution in [0.2, 0.25) is 0 Å². The molecule has 0 aliphatic carbocycles. The van der Waals surface area contributed by atoms with Gasteiger partial charge < -0.3 is 5.11 Å². The number of hydrogen-bond donors (Lipinski definition) is 1. The number of pyridine rings is 1. The van der Waals surface area contributed by atoms with Crippen LogP contribution in [-0.2, 0) is 6.54 Å². The molecule has 0 radical (unpaired) electrons. The van der Waals surface area contributed by atoms with Gasteiger partial charge in [-0.25, -0.2) is 13.9 Å². The van der Waals surface area contributed by atoms with E-state index in [0.29, 0.717) is 5.65 Å². The van der Waals surface area contributed by atoms with Gasteiger partial charge in [0, 0.05) is 10.7 Å². The maximum absolute atomic E-state index is 11.6. The van der Waals surface area contributed by atoms with Gasteiger partial charge in [-0.1, -0.05) is 0 Å². The second kappa shape index (κ2) is 3.55. The molecule has 0 aliphatic rings. The summed E-state index contributed by atoms with van der Waals surface area (Å²) in [6, 6.07) is 3.55. The van der Waals surface area contributed by atoms with Crippen molar-refractivity contribution in [1.82, 2.24) is 14.2 Å². The van der Waals surface area contributed by atoms with E-state index in [2.05, 4.69) is 21.0 Å². The first-order valence-electron chi connectivity index (χ1n) is 4.08. The highest BCUT2D eigenvalue weighted by atomic mass is 79.9. The standard InChI is InChI=1S/C8H8BrN3O2/c9-6-1-2-7-10-12(3-4-13)8(14)11(7)5-6/h1-2,5,13H,3-4H2. The Labute approximate surface area is 87.7 Å². The van der Waals surface area contributed by atoms with E-state index in [1.54, 1.807) is 12.3 Å². The summed E-state index contributed by atoms with van der Waals surface area (Å²) in [5.74, 6) is 0. The Balaban J connectivity index is 2.68. The molecule has 0 unspecified atom stereocenters. The molecular weight excluding hydrogens is 250 g/mol. The van der Waals surface area contributed by atoms with E-state index in [1.807, 2.05) is 6.07 Å². The average Bonchev–Trinajstić information content (AvgIpc) is 2.46. The lowest BCUT2D eigenvalue weighted by Crippen LogP contribution is -2.22. The molecule has 14 heavy (non-hydrogen) atoms. The molecule has 0 bridgehead atoms. The molecule has 0 fully saturated rings. The molecule has 0 atom stereocenters. The molecule has 0 aromatic carbocycles. The van der Waals surface area contributed by atoms with E-state index >= 15 is 0 Å². The summed E-state index contributed by atoms with van der Waals surface area (Å²) in [7, 11) is 0. The van der Waals surface area contributed by atoms with E-state index in [-0.39, 0.29) is 18.8 Å². The first-order valence-corrected chi connectivity index (χ1v) is 4.87. The molecule has 2 aromatic heterocycles. The molecular formula is C8H8BrN3O2. The quantitative estimate of drug-likeness (QED) is 0.840. The Morgan fingerprint density at radius 2 is 2.29 bits per heavy atom. The molecule has 2 heterocycles. The van der Waals surface area contributed by atoms with Crippen LogP contribution >= 0.6 is 15.9 Å². The molecule has 0 saturated carbocycles. The topological polar surface area (TPSA) is 59.5 Å². The summed E-state index contributed by atoms with van der Waals surface area (Å²) in [6.45, 7) is 0.128. The predicted octanol–water partition coefficient (Wildman–Crippen LogP) is 0.251. The minimum Gasteiger partial charge on any atom is -0.394 e. The fraction of sp³-hybridized carbons (Fsp3) is 0.250. The van der Waals surface area contributed by atoms with Gasteiger partial charge in [-0.3, -0.25) is 0 Å². The van der Waals surface area contributed by atoms with Crippen LogP contribution < -0.4 is 5.69 Å². The lowest BCUT2D eigenvalue weighted by molar-refractivity contribution is 0.267. The van der Waals surface area contributed by atoms with E-state index in [9.17, 15) is 4.79 Å². The smallest absolute Gasteiger partial charge is 0.350 e. The maximum atomic E-state index is 11.6. The van der Waals surface area contributed by atoms with E-state index in [1.165, 1.54) is 9.08 Å². The van der Waals surface area contributed by atoms with Crippen molar-refractivity contribution in [2.24, 2.45) is 0 Å². The Kier molecular flexibility index (Phi) is 2.39. The first kappa shape index (κ1) is 9.42. The zero-order valence-corrected chi connectivity index (χ0v) is 8.81. The number of aromatic nitrogens is 3. The highest BCUT2D eigenvalue weighted by molar-refractivity contribution is 9.10. The number of fused-ring (bicyclic) bond motifs is 1. The van der Waals surface area contributed by atoms with Gasteiger partial charge in [0.25, 0.3) is 0 Å². The molecule has 6 heteroatoms. The molecule has 74 valence electrons. The van der Waals surface area contributed by atoms with E-state index in [4.69, 9.17) is 5.11 Å². The van der Waals surface area contributed by atoms with E-state index in [0.717, 1.165) is 4.47 Å². The van der Waals surface area contributed by atoms with Crippen molar-refractivity contribution in [2.75, 3.05) is 6.61 Å². The Hall–Kier alpha value is -1.14. The van der Waals surface area contributed by atoms with Gasteiger partial charge in [-0.15, -0.1) is 5.10 Å². The fourth-order valence-corrected chi connectivity index (χ4v) is 1.57. The third-order valence-electron chi connectivity index (χ3n) is 1.85. The van der Waals surface area contributed by atoms with Crippen molar-refractivity contribution in [2.45, 2.75) is 6.54 Å².